The van der Waals surface area contributed by atoms with Crippen LogP contribution >= 0.6 is 11.8 Å². The summed E-state index contributed by atoms with van der Waals surface area (Å²) in [4.78, 5) is 13.1. The SMILES string of the molecule is Cc1ccc(NC(=O)[C@H](Sc2nnc(-c3ccc(C)cc3)o2)c2ccccc2)cc1. The minimum absolute atomic E-state index is 0.148. The van der Waals surface area contributed by atoms with E-state index in [2.05, 4.69) is 15.5 Å². The molecule has 1 aromatic heterocycles. The molecular weight excluding hydrogens is 394 g/mol. The normalized spacial score (nSPS) is 11.8. The maximum absolute atomic E-state index is 13.1. The van der Waals surface area contributed by atoms with Gasteiger partial charge in [-0.1, -0.05) is 65.7 Å². The fraction of sp³-hybridized carbons (Fsp3) is 0.125. The standard InChI is InChI=1S/C24H21N3O2S/c1-16-8-12-19(13-9-16)23-26-27-24(29-23)30-21(18-6-4-3-5-7-18)22(28)25-20-14-10-17(2)11-15-20/h3-15,21H,1-2H3,(H,25,28)/t21-/m1/s1. The Bertz CT molecular complexity index is 1120. The first kappa shape index (κ1) is 19.9. The van der Waals surface area contributed by atoms with Crippen molar-refractivity contribution in [1.29, 1.82) is 0 Å². The fourth-order valence-corrected chi connectivity index (χ4v) is 3.79. The van der Waals surface area contributed by atoms with E-state index in [0.717, 1.165) is 27.9 Å². The Morgan fingerprint density at radius 1 is 0.867 bits per heavy atom. The number of nitrogens with one attached hydrogen (secondary N) is 1. The Morgan fingerprint density at radius 3 is 2.17 bits per heavy atom. The first-order chi connectivity index (χ1) is 14.6. The lowest BCUT2D eigenvalue weighted by atomic mass is 10.1. The molecule has 0 aliphatic carbocycles. The van der Waals surface area contributed by atoms with E-state index in [-0.39, 0.29) is 5.91 Å². The molecule has 0 aliphatic rings. The minimum Gasteiger partial charge on any atom is -0.411 e. The number of aromatic nitrogens is 2. The van der Waals surface area contributed by atoms with E-state index in [1.165, 1.54) is 11.8 Å². The lowest BCUT2D eigenvalue weighted by Gasteiger charge is -2.15. The van der Waals surface area contributed by atoms with E-state index in [0.29, 0.717) is 11.1 Å². The highest BCUT2D eigenvalue weighted by Gasteiger charge is 2.25. The maximum atomic E-state index is 13.1. The zero-order valence-electron chi connectivity index (χ0n) is 16.7. The molecule has 1 amide bonds. The van der Waals surface area contributed by atoms with Crippen LogP contribution in [0.1, 0.15) is 21.9 Å². The third-order valence-corrected chi connectivity index (χ3v) is 5.67. The first-order valence-electron chi connectivity index (χ1n) is 9.58. The topological polar surface area (TPSA) is 68.0 Å². The lowest BCUT2D eigenvalue weighted by molar-refractivity contribution is -0.115. The number of anilines is 1. The summed E-state index contributed by atoms with van der Waals surface area (Å²) >= 11 is 1.24. The molecule has 1 atom stereocenters. The van der Waals surface area contributed by atoms with Gasteiger partial charge >= 0.3 is 0 Å². The number of carbonyl (C=O) groups excluding carboxylic acids is 1. The predicted octanol–water partition coefficient (Wildman–Crippen LogP) is 5.83. The van der Waals surface area contributed by atoms with Crippen molar-refractivity contribution in [3.8, 4) is 11.5 Å². The number of hydrogen-bond acceptors (Lipinski definition) is 5. The zero-order chi connectivity index (χ0) is 20.9. The van der Waals surface area contributed by atoms with Gasteiger partial charge < -0.3 is 9.73 Å². The van der Waals surface area contributed by atoms with E-state index < -0.39 is 5.25 Å². The van der Waals surface area contributed by atoms with Crippen LogP contribution < -0.4 is 5.32 Å². The highest BCUT2D eigenvalue weighted by atomic mass is 32.2. The number of thioether (sulfide) groups is 1. The number of nitrogens with zero attached hydrogens (tertiary/aromatic N) is 2. The van der Waals surface area contributed by atoms with Crippen LogP contribution in [0.4, 0.5) is 5.69 Å². The number of carbonyl (C=O) groups is 1. The summed E-state index contributed by atoms with van der Waals surface area (Å²) in [7, 11) is 0. The molecular formula is C24H21N3O2S. The predicted molar refractivity (Wildman–Crippen MR) is 119 cm³/mol. The van der Waals surface area contributed by atoms with E-state index >= 15 is 0 Å². The number of hydrogen-bond donors (Lipinski definition) is 1. The molecule has 0 bridgehead atoms. The van der Waals surface area contributed by atoms with Crippen molar-refractivity contribution >= 4 is 23.4 Å². The Hall–Kier alpha value is -3.38. The van der Waals surface area contributed by atoms with Gasteiger partial charge in [0.1, 0.15) is 5.25 Å². The van der Waals surface area contributed by atoms with Crippen LogP contribution in [0.15, 0.2) is 88.5 Å². The second-order valence-corrected chi connectivity index (χ2v) is 8.06. The summed E-state index contributed by atoms with van der Waals surface area (Å²) < 4.78 is 5.84. The maximum Gasteiger partial charge on any atom is 0.277 e. The van der Waals surface area contributed by atoms with Gasteiger partial charge in [0.25, 0.3) is 5.22 Å². The van der Waals surface area contributed by atoms with E-state index in [9.17, 15) is 4.79 Å². The highest BCUT2D eigenvalue weighted by molar-refractivity contribution is 8.00. The highest BCUT2D eigenvalue weighted by Crippen LogP contribution is 2.36. The molecule has 3 aromatic carbocycles. The van der Waals surface area contributed by atoms with Gasteiger partial charge in [0.2, 0.25) is 11.8 Å². The summed E-state index contributed by atoms with van der Waals surface area (Å²) in [6, 6.07) is 25.2. The molecule has 4 aromatic rings. The Labute approximate surface area is 179 Å². The van der Waals surface area contributed by atoms with Crippen LogP contribution in [0.5, 0.6) is 0 Å². The third-order valence-electron chi connectivity index (χ3n) is 4.58. The molecule has 1 N–H and O–H groups in total. The molecule has 0 unspecified atom stereocenters. The molecule has 0 fully saturated rings. The summed E-state index contributed by atoms with van der Waals surface area (Å²) in [5, 5.41) is 11.1. The van der Waals surface area contributed by atoms with Gasteiger partial charge in [0.15, 0.2) is 0 Å². The van der Waals surface area contributed by atoms with Crippen LogP contribution in [0, 0.1) is 13.8 Å². The Morgan fingerprint density at radius 2 is 1.50 bits per heavy atom. The molecule has 150 valence electrons. The average molecular weight is 416 g/mol. The van der Waals surface area contributed by atoms with Gasteiger partial charge in [-0.25, -0.2) is 0 Å². The van der Waals surface area contributed by atoms with Crippen molar-refractivity contribution in [3.05, 3.63) is 95.6 Å². The van der Waals surface area contributed by atoms with Crippen molar-refractivity contribution in [1.82, 2.24) is 10.2 Å². The molecule has 4 rings (SSSR count). The molecule has 30 heavy (non-hydrogen) atoms. The van der Waals surface area contributed by atoms with Crippen molar-refractivity contribution in [2.75, 3.05) is 5.32 Å². The van der Waals surface area contributed by atoms with E-state index in [1.807, 2.05) is 92.7 Å². The van der Waals surface area contributed by atoms with Crippen molar-refractivity contribution in [3.63, 3.8) is 0 Å². The summed E-state index contributed by atoms with van der Waals surface area (Å²) in [6.45, 7) is 4.03. The minimum atomic E-state index is -0.529. The fourth-order valence-electron chi connectivity index (χ4n) is 2.92. The zero-order valence-corrected chi connectivity index (χ0v) is 17.5. The van der Waals surface area contributed by atoms with Gasteiger partial charge in [-0.15, -0.1) is 10.2 Å². The Balaban J connectivity index is 1.57. The van der Waals surface area contributed by atoms with E-state index in [1.54, 1.807) is 0 Å². The van der Waals surface area contributed by atoms with Crippen molar-refractivity contribution in [2.45, 2.75) is 24.3 Å². The smallest absolute Gasteiger partial charge is 0.277 e. The van der Waals surface area contributed by atoms with Gasteiger partial charge in [-0.2, -0.15) is 0 Å². The van der Waals surface area contributed by atoms with Gasteiger partial charge in [0, 0.05) is 11.3 Å². The third kappa shape index (κ3) is 4.78. The van der Waals surface area contributed by atoms with Gasteiger partial charge in [-0.05, 0) is 55.4 Å². The number of amides is 1. The number of aryl methyl sites for hydroxylation is 2. The van der Waals surface area contributed by atoms with Gasteiger partial charge in [-0.3, -0.25) is 4.79 Å². The van der Waals surface area contributed by atoms with Gasteiger partial charge in [0.05, 0.1) is 0 Å². The van der Waals surface area contributed by atoms with E-state index in [4.69, 9.17) is 4.42 Å². The van der Waals surface area contributed by atoms with Crippen LogP contribution in [-0.4, -0.2) is 16.1 Å². The summed E-state index contributed by atoms with van der Waals surface area (Å²) in [6.07, 6.45) is 0. The van der Waals surface area contributed by atoms with Crippen molar-refractivity contribution in [2.24, 2.45) is 0 Å². The second-order valence-electron chi connectivity index (χ2n) is 7.00. The number of benzene rings is 3. The van der Waals surface area contributed by atoms with Crippen molar-refractivity contribution < 1.29 is 9.21 Å². The molecule has 1 heterocycles. The number of rotatable bonds is 6. The van der Waals surface area contributed by atoms with Crippen LogP contribution in [0.25, 0.3) is 11.5 Å². The average Bonchev–Trinajstić information content (AvgIpc) is 3.23. The molecule has 5 nitrogen and oxygen atoms in total. The van der Waals surface area contributed by atoms with Crippen LogP contribution in [-0.2, 0) is 4.79 Å². The quantitative estimate of drug-likeness (QED) is 0.402. The summed E-state index contributed by atoms with van der Waals surface area (Å²) in [5.74, 6) is 0.286. The first-order valence-corrected chi connectivity index (χ1v) is 10.5. The van der Waals surface area contributed by atoms with Crippen LogP contribution in [0.2, 0.25) is 0 Å². The molecule has 0 radical (unpaired) electrons. The molecule has 0 spiro atoms. The molecule has 0 aliphatic heterocycles. The molecule has 6 heteroatoms. The molecule has 0 saturated carbocycles. The largest absolute Gasteiger partial charge is 0.411 e. The second kappa shape index (κ2) is 8.97. The summed E-state index contributed by atoms with van der Waals surface area (Å²) in [5.41, 5.74) is 4.75. The lowest BCUT2D eigenvalue weighted by Crippen LogP contribution is -2.19. The monoisotopic (exact) mass is 415 g/mol. The molecule has 0 saturated heterocycles. The van der Waals surface area contributed by atoms with Crippen LogP contribution in [0.3, 0.4) is 0 Å². The Kier molecular flexibility index (Phi) is 5.95.